The Labute approximate surface area is 162 Å². The maximum absolute atomic E-state index is 13.2. The van der Waals surface area contributed by atoms with Crippen LogP contribution >= 0.6 is 0 Å². The van der Waals surface area contributed by atoms with Gasteiger partial charge in [0.1, 0.15) is 6.04 Å². The number of carboxylic acids is 1. The van der Waals surface area contributed by atoms with Gasteiger partial charge in [-0.1, -0.05) is 78.9 Å². The lowest BCUT2D eigenvalue weighted by molar-refractivity contribution is -0.139. The second-order valence-electron chi connectivity index (χ2n) is 6.75. The van der Waals surface area contributed by atoms with Gasteiger partial charge < -0.3 is 10.4 Å². The predicted octanol–water partition coefficient (Wildman–Crippen LogP) is 4.42. The Bertz CT molecular complexity index is 1110. The molecule has 2 N–H and O–H groups in total. The Morgan fingerprint density at radius 2 is 1.32 bits per heavy atom. The van der Waals surface area contributed by atoms with Gasteiger partial charge in [0.25, 0.3) is 5.91 Å². The summed E-state index contributed by atoms with van der Waals surface area (Å²) in [6.45, 7) is 0. The van der Waals surface area contributed by atoms with E-state index >= 15 is 0 Å². The summed E-state index contributed by atoms with van der Waals surface area (Å²) in [7, 11) is 0. The molecule has 1 amide bonds. The van der Waals surface area contributed by atoms with Gasteiger partial charge in [-0.25, -0.2) is 4.79 Å². The van der Waals surface area contributed by atoms with E-state index in [9.17, 15) is 14.7 Å². The molecule has 0 saturated heterocycles. The second kappa shape index (κ2) is 7.53. The number of hydrogen-bond acceptors (Lipinski definition) is 2. The Morgan fingerprint density at radius 3 is 1.89 bits per heavy atom. The number of nitrogens with one attached hydrogen (secondary N) is 1. The van der Waals surface area contributed by atoms with E-state index in [0.29, 0.717) is 5.56 Å². The average molecular weight is 369 g/mol. The van der Waals surface area contributed by atoms with Gasteiger partial charge in [-0.2, -0.15) is 0 Å². The van der Waals surface area contributed by atoms with E-state index < -0.39 is 12.0 Å². The Kier molecular flexibility index (Phi) is 4.77. The van der Waals surface area contributed by atoms with Crippen molar-refractivity contribution < 1.29 is 14.7 Å². The molecule has 0 bridgehead atoms. The molecule has 4 nitrogen and oxygen atoms in total. The van der Waals surface area contributed by atoms with Crippen LogP contribution in [0, 0.1) is 0 Å². The summed E-state index contributed by atoms with van der Waals surface area (Å²) < 4.78 is 0. The van der Waals surface area contributed by atoms with E-state index in [2.05, 4.69) is 5.32 Å². The minimum atomic E-state index is -1.05. The topological polar surface area (TPSA) is 66.4 Å². The van der Waals surface area contributed by atoms with Gasteiger partial charge in [-0.15, -0.1) is 0 Å². The highest BCUT2D eigenvalue weighted by Crippen LogP contribution is 2.28. The lowest BCUT2D eigenvalue weighted by atomic mass is 9.96. The third-order valence-electron chi connectivity index (χ3n) is 4.88. The SMILES string of the molecule is O=C(N[C@H](Cc1ccccc1)C(=O)O)c1c2ccccc2cc2ccccc12. The second-order valence-corrected chi connectivity index (χ2v) is 6.75. The van der Waals surface area contributed by atoms with Gasteiger partial charge >= 0.3 is 5.97 Å². The van der Waals surface area contributed by atoms with Crippen molar-refractivity contribution in [3.05, 3.63) is 96.1 Å². The molecule has 28 heavy (non-hydrogen) atoms. The summed E-state index contributed by atoms with van der Waals surface area (Å²) >= 11 is 0. The highest BCUT2D eigenvalue weighted by Gasteiger charge is 2.23. The van der Waals surface area contributed by atoms with Gasteiger partial charge in [-0.05, 0) is 33.2 Å². The number of carbonyl (C=O) groups is 2. The lowest BCUT2D eigenvalue weighted by Crippen LogP contribution is -2.42. The fraction of sp³-hybridized carbons (Fsp3) is 0.0833. The minimum Gasteiger partial charge on any atom is -0.480 e. The van der Waals surface area contributed by atoms with Crippen LogP contribution in [-0.4, -0.2) is 23.0 Å². The van der Waals surface area contributed by atoms with E-state index in [4.69, 9.17) is 0 Å². The van der Waals surface area contributed by atoms with Crippen molar-refractivity contribution in [1.29, 1.82) is 0 Å². The quantitative estimate of drug-likeness (QED) is 0.512. The molecule has 0 aliphatic heterocycles. The number of fused-ring (bicyclic) bond motifs is 2. The van der Waals surface area contributed by atoms with Crippen LogP contribution in [0.15, 0.2) is 84.9 Å². The molecule has 4 rings (SSSR count). The van der Waals surface area contributed by atoms with Crippen molar-refractivity contribution in [2.75, 3.05) is 0 Å². The molecule has 0 aliphatic rings. The van der Waals surface area contributed by atoms with Crippen LogP contribution in [0.25, 0.3) is 21.5 Å². The van der Waals surface area contributed by atoms with Crippen molar-refractivity contribution in [2.45, 2.75) is 12.5 Å². The van der Waals surface area contributed by atoms with E-state index in [1.807, 2.05) is 84.9 Å². The summed E-state index contributed by atoms with van der Waals surface area (Å²) in [6, 6.07) is 25.6. The van der Waals surface area contributed by atoms with Crippen LogP contribution in [0.3, 0.4) is 0 Å². The van der Waals surface area contributed by atoms with Crippen LogP contribution in [0.5, 0.6) is 0 Å². The molecule has 0 saturated carbocycles. The normalized spacial score (nSPS) is 12.0. The molecule has 4 heteroatoms. The monoisotopic (exact) mass is 369 g/mol. The van der Waals surface area contributed by atoms with Gasteiger partial charge in [0.15, 0.2) is 0 Å². The number of hydrogen-bond donors (Lipinski definition) is 2. The standard InChI is InChI=1S/C24H19NO3/c26-23(25-21(24(27)28)14-16-8-2-1-3-9-16)22-19-12-6-4-10-17(19)15-18-11-5-7-13-20(18)22/h1-13,15,21H,14H2,(H,25,26)(H,27,28)/t21-/m1/s1. The third-order valence-corrected chi connectivity index (χ3v) is 4.88. The zero-order valence-electron chi connectivity index (χ0n) is 15.1. The summed E-state index contributed by atoms with van der Waals surface area (Å²) in [5, 5.41) is 15.9. The number of carboxylic acid groups (broad SMARTS) is 1. The first kappa shape index (κ1) is 17.7. The first-order valence-corrected chi connectivity index (χ1v) is 9.11. The maximum Gasteiger partial charge on any atom is 0.326 e. The maximum atomic E-state index is 13.2. The smallest absolute Gasteiger partial charge is 0.326 e. The van der Waals surface area contributed by atoms with Crippen molar-refractivity contribution in [3.63, 3.8) is 0 Å². The first-order valence-electron chi connectivity index (χ1n) is 9.11. The van der Waals surface area contributed by atoms with Crippen molar-refractivity contribution >= 4 is 33.4 Å². The van der Waals surface area contributed by atoms with E-state index in [1.165, 1.54) is 0 Å². The lowest BCUT2D eigenvalue weighted by Gasteiger charge is -2.17. The molecule has 0 unspecified atom stereocenters. The first-order chi connectivity index (χ1) is 13.6. The molecule has 138 valence electrons. The largest absolute Gasteiger partial charge is 0.480 e. The van der Waals surface area contributed by atoms with Crippen LogP contribution in [0.4, 0.5) is 0 Å². The minimum absolute atomic E-state index is 0.227. The highest BCUT2D eigenvalue weighted by atomic mass is 16.4. The predicted molar refractivity (Wildman–Crippen MR) is 110 cm³/mol. The molecular formula is C24H19NO3. The molecule has 0 aliphatic carbocycles. The van der Waals surface area contributed by atoms with Gasteiger partial charge in [-0.3, -0.25) is 4.79 Å². The Balaban J connectivity index is 1.75. The van der Waals surface area contributed by atoms with Crippen LogP contribution in [0.2, 0.25) is 0 Å². The highest BCUT2D eigenvalue weighted by molar-refractivity contribution is 6.18. The van der Waals surface area contributed by atoms with E-state index in [0.717, 1.165) is 27.1 Å². The molecule has 4 aromatic rings. The summed E-state index contributed by atoms with van der Waals surface area (Å²) in [5.74, 6) is -1.43. The fourth-order valence-electron chi connectivity index (χ4n) is 3.54. The molecule has 0 aromatic heterocycles. The number of rotatable bonds is 5. The molecule has 0 spiro atoms. The zero-order valence-corrected chi connectivity index (χ0v) is 15.1. The Hall–Kier alpha value is -3.66. The van der Waals surface area contributed by atoms with E-state index in [1.54, 1.807) is 0 Å². The fourth-order valence-corrected chi connectivity index (χ4v) is 3.54. The van der Waals surface area contributed by atoms with Crippen molar-refractivity contribution in [1.82, 2.24) is 5.32 Å². The van der Waals surface area contributed by atoms with Gasteiger partial charge in [0, 0.05) is 6.42 Å². The number of benzene rings is 4. The van der Waals surface area contributed by atoms with Crippen LogP contribution in [-0.2, 0) is 11.2 Å². The summed E-state index contributed by atoms with van der Waals surface area (Å²) in [6.07, 6.45) is 0.227. The summed E-state index contributed by atoms with van der Waals surface area (Å²) in [5.41, 5.74) is 1.37. The number of amides is 1. The zero-order chi connectivity index (χ0) is 19.5. The van der Waals surface area contributed by atoms with Crippen molar-refractivity contribution in [3.8, 4) is 0 Å². The van der Waals surface area contributed by atoms with Crippen molar-refractivity contribution in [2.24, 2.45) is 0 Å². The number of carbonyl (C=O) groups excluding carboxylic acids is 1. The average Bonchev–Trinajstić information content (AvgIpc) is 2.72. The van der Waals surface area contributed by atoms with E-state index in [-0.39, 0.29) is 12.3 Å². The molecule has 1 atom stereocenters. The number of aliphatic carboxylic acids is 1. The van der Waals surface area contributed by atoms with Gasteiger partial charge in [0.05, 0.1) is 5.56 Å². The third kappa shape index (κ3) is 3.45. The molecule has 0 fully saturated rings. The molecule has 4 aromatic carbocycles. The molecule has 0 heterocycles. The Morgan fingerprint density at radius 1 is 0.786 bits per heavy atom. The molecule has 0 radical (unpaired) electrons. The summed E-state index contributed by atoms with van der Waals surface area (Å²) in [4.78, 5) is 25.0. The van der Waals surface area contributed by atoms with Gasteiger partial charge in [0.2, 0.25) is 0 Å². The van der Waals surface area contributed by atoms with Crippen LogP contribution in [0.1, 0.15) is 15.9 Å². The van der Waals surface area contributed by atoms with Crippen LogP contribution < -0.4 is 5.32 Å². The molecular weight excluding hydrogens is 350 g/mol.